The molecule has 0 nitrogen and oxygen atoms in total. The van der Waals surface area contributed by atoms with E-state index in [9.17, 15) is 0 Å². The van der Waals surface area contributed by atoms with Gasteiger partial charge in [0.15, 0.2) is 0 Å². The van der Waals surface area contributed by atoms with Crippen molar-refractivity contribution >= 4 is 66.4 Å². The van der Waals surface area contributed by atoms with Crippen molar-refractivity contribution < 1.29 is 0 Å². The van der Waals surface area contributed by atoms with Gasteiger partial charge >= 0.3 is 0 Å². The molecule has 0 spiro atoms. The van der Waals surface area contributed by atoms with Crippen molar-refractivity contribution in [2.45, 2.75) is 12.3 Å². The van der Waals surface area contributed by atoms with E-state index in [0.29, 0.717) is 0 Å². The maximum absolute atomic E-state index is 6.48. The standard InChI is InChI=1S/C12H8Br2Cl2S/c1-6-4-9(14)7(5-8(6)13)11(16)12-10(15)2-3-17-12/h2-5,11H,1H3. The normalized spacial score (nSPS) is 12.8. The van der Waals surface area contributed by atoms with Crippen LogP contribution < -0.4 is 0 Å². The zero-order valence-corrected chi connectivity index (χ0v) is 14.3. The third-order valence-corrected chi connectivity index (χ3v) is 5.97. The first-order valence-electron chi connectivity index (χ1n) is 4.83. The lowest BCUT2D eigenvalue weighted by molar-refractivity contribution is 1.15. The van der Waals surface area contributed by atoms with Gasteiger partial charge in [0.2, 0.25) is 0 Å². The van der Waals surface area contributed by atoms with Gasteiger partial charge in [-0.2, -0.15) is 0 Å². The maximum atomic E-state index is 6.48. The monoisotopic (exact) mass is 412 g/mol. The molecule has 1 heterocycles. The molecule has 17 heavy (non-hydrogen) atoms. The third kappa shape index (κ3) is 2.90. The van der Waals surface area contributed by atoms with E-state index in [2.05, 4.69) is 37.9 Å². The molecule has 0 amide bonds. The van der Waals surface area contributed by atoms with Crippen LogP contribution in [0.4, 0.5) is 0 Å². The summed E-state index contributed by atoms with van der Waals surface area (Å²) in [7, 11) is 0. The topological polar surface area (TPSA) is 0 Å². The third-order valence-electron chi connectivity index (χ3n) is 2.43. The van der Waals surface area contributed by atoms with E-state index >= 15 is 0 Å². The van der Waals surface area contributed by atoms with Crippen LogP contribution in [0.15, 0.2) is 32.5 Å². The number of thiophene rings is 1. The fourth-order valence-electron chi connectivity index (χ4n) is 1.48. The number of hydrogen-bond donors (Lipinski definition) is 0. The average Bonchev–Trinajstić information content (AvgIpc) is 2.69. The van der Waals surface area contributed by atoms with Crippen molar-refractivity contribution in [1.82, 2.24) is 0 Å². The summed E-state index contributed by atoms with van der Waals surface area (Å²) in [5.41, 5.74) is 2.19. The Bertz CT molecular complexity index is 551. The van der Waals surface area contributed by atoms with Crippen LogP contribution in [0.3, 0.4) is 0 Å². The van der Waals surface area contributed by atoms with Crippen LogP contribution in [0, 0.1) is 6.92 Å². The van der Waals surface area contributed by atoms with Gasteiger partial charge in [0, 0.05) is 13.8 Å². The zero-order chi connectivity index (χ0) is 12.6. The predicted molar refractivity (Wildman–Crippen MR) is 83.6 cm³/mol. The molecule has 1 atom stereocenters. The smallest absolute Gasteiger partial charge is 0.0953 e. The van der Waals surface area contributed by atoms with Crippen molar-refractivity contribution in [2.75, 3.05) is 0 Å². The first kappa shape index (κ1) is 13.9. The Morgan fingerprint density at radius 2 is 1.94 bits per heavy atom. The van der Waals surface area contributed by atoms with Crippen LogP contribution in [0.1, 0.15) is 21.4 Å². The number of rotatable bonds is 2. The number of benzene rings is 1. The number of aryl methyl sites for hydroxylation is 1. The highest BCUT2D eigenvalue weighted by molar-refractivity contribution is 9.11. The fraction of sp³-hybridized carbons (Fsp3) is 0.167. The Hall–Kier alpha value is 0.460. The second-order valence-corrected chi connectivity index (χ2v) is 7.12. The molecule has 90 valence electrons. The summed E-state index contributed by atoms with van der Waals surface area (Å²) in [6, 6.07) is 5.96. The lowest BCUT2D eigenvalue weighted by atomic mass is 10.1. The minimum Gasteiger partial charge on any atom is -0.145 e. The van der Waals surface area contributed by atoms with Crippen molar-refractivity contribution in [3.63, 3.8) is 0 Å². The molecule has 1 aromatic carbocycles. The number of hydrogen-bond acceptors (Lipinski definition) is 1. The highest BCUT2D eigenvalue weighted by Crippen LogP contribution is 2.41. The summed E-state index contributed by atoms with van der Waals surface area (Å²) in [4.78, 5) is 0.977. The molecule has 0 N–H and O–H groups in total. The zero-order valence-electron chi connectivity index (χ0n) is 8.81. The Morgan fingerprint density at radius 1 is 1.24 bits per heavy atom. The summed E-state index contributed by atoms with van der Waals surface area (Å²) in [5, 5.41) is 2.44. The van der Waals surface area contributed by atoms with E-state index in [1.54, 1.807) is 11.3 Å². The summed E-state index contributed by atoms with van der Waals surface area (Å²) in [6.07, 6.45) is 0. The van der Waals surface area contributed by atoms with Crippen LogP contribution in [0.25, 0.3) is 0 Å². The first-order chi connectivity index (χ1) is 8.00. The van der Waals surface area contributed by atoms with Crippen LogP contribution in [0.5, 0.6) is 0 Å². The van der Waals surface area contributed by atoms with Gasteiger partial charge in [-0.1, -0.05) is 43.5 Å². The van der Waals surface area contributed by atoms with Gasteiger partial charge in [-0.3, -0.25) is 0 Å². The molecule has 0 fully saturated rings. The predicted octanol–water partition coefficient (Wildman–Crippen LogP) is 6.56. The molecule has 0 saturated heterocycles. The van der Waals surface area contributed by atoms with Crippen LogP contribution in [-0.4, -0.2) is 0 Å². The quantitative estimate of drug-likeness (QED) is 0.488. The molecule has 0 saturated carbocycles. The van der Waals surface area contributed by atoms with E-state index in [1.807, 2.05) is 24.4 Å². The average molecular weight is 415 g/mol. The molecule has 0 bridgehead atoms. The second kappa shape index (κ2) is 5.62. The van der Waals surface area contributed by atoms with E-state index in [-0.39, 0.29) is 5.38 Å². The molecule has 5 heteroatoms. The van der Waals surface area contributed by atoms with E-state index < -0.39 is 0 Å². The molecule has 0 aliphatic heterocycles. The molecule has 2 aromatic rings. The number of halogens is 4. The Kier molecular flexibility index (Phi) is 4.59. The molecule has 0 aliphatic carbocycles. The van der Waals surface area contributed by atoms with Gasteiger partial charge in [0.05, 0.1) is 10.4 Å². The Morgan fingerprint density at radius 3 is 2.53 bits per heavy atom. The summed E-state index contributed by atoms with van der Waals surface area (Å²) in [6.45, 7) is 2.04. The van der Waals surface area contributed by atoms with Crippen molar-refractivity contribution in [3.8, 4) is 0 Å². The maximum Gasteiger partial charge on any atom is 0.0953 e. The first-order valence-corrected chi connectivity index (χ1v) is 8.11. The van der Waals surface area contributed by atoms with Gasteiger partial charge in [-0.25, -0.2) is 0 Å². The van der Waals surface area contributed by atoms with Crippen molar-refractivity contribution in [2.24, 2.45) is 0 Å². The van der Waals surface area contributed by atoms with E-state index in [0.717, 1.165) is 24.4 Å². The lowest BCUT2D eigenvalue weighted by Crippen LogP contribution is -1.94. The summed E-state index contributed by atoms with van der Waals surface area (Å²) >= 11 is 21.2. The largest absolute Gasteiger partial charge is 0.145 e. The van der Waals surface area contributed by atoms with Gasteiger partial charge in [0.25, 0.3) is 0 Å². The molecular formula is C12H8Br2Cl2S. The van der Waals surface area contributed by atoms with Gasteiger partial charge in [0.1, 0.15) is 0 Å². The molecule has 1 aromatic heterocycles. The number of alkyl halides is 1. The van der Waals surface area contributed by atoms with Gasteiger partial charge in [-0.15, -0.1) is 22.9 Å². The molecule has 0 radical (unpaired) electrons. The summed E-state index contributed by atoms with van der Waals surface area (Å²) in [5.74, 6) is 0. The van der Waals surface area contributed by atoms with Crippen LogP contribution >= 0.6 is 66.4 Å². The van der Waals surface area contributed by atoms with E-state index in [4.69, 9.17) is 23.2 Å². The van der Waals surface area contributed by atoms with Crippen LogP contribution in [0.2, 0.25) is 5.02 Å². The Labute approximate surface area is 131 Å². The van der Waals surface area contributed by atoms with Gasteiger partial charge < -0.3 is 0 Å². The van der Waals surface area contributed by atoms with Crippen molar-refractivity contribution in [1.29, 1.82) is 0 Å². The highest BCUT2D eigenvalue weighted by Gasteiger charge is 2.19. The fourth-order valence-corrected chi connectivity index (χ4v) is 4.33. The summed E-state index contributed by atoms with van der Waals surface area (Å²) < 4.78 is 2.05. The van der Waals surface area contributed by atoms with Gasteiger partial charge in [-0.05, 0) is 41.6 Å². The van der Waals surface area contributed by atoms with E-state index in [1.165, 1.54) is 5.56 Å². The van der Waals surface area contributed by atoms with Crippen molar-refractivity contribution in [3.05, 3.63) is 53.6 Å². The lowest BCUT2D eigenvalue weighted by Gasteiger charge is -2.13. The SMILES string of the molecule is Cc1cc(Br)c(C(Cl)c2sccc2Cl)cc1Br. The minimum absolute atomic E-state index is 0.228. The second-order valence-electron chi connectivity index (χ2n) is 3.62. The molecule has 0 aliphatic rings. The molecule has 1 unspecified atom stereocenters. The minimum atomic E-state index is -0.228. The Balaban J connectivity index is 2.48. The molecular weight excluding hydrogens is 407 g/mol. The van der Waals surface area contributed by atoms with Crippen LogP contribution in [-0.2, 0) is 0 Å². The highest BCUT2D eigenvalue weighted by atomic mass is 79.9. The molecule has 2 rings (SSSR count).